The van der Waals surface area contributed by atoms with Crippen LogP contribution in [-0.4, -0.2) is 46.8 Å². The topological polar surface area (TPSA) is 41.4 Å². The van der Waals surface area contributed by atoms with Gasteiger partial charge in [-0.05, 0) is 37.3 Å². The molecule has 22 heavy (non-hydrogen) atoms. The molecule has 0 atom stereocenters. The number of benzene rings is 1. The van der Waals surface area contributed by atoms with Crippen LogP contribution in [0.1, 0.15) is 16.2 Å². The van der Waals surface area contributed by atoms with Crippen molar-refractivity contribution in [3.8, 4) is 0 Å². The smallest absolute Gasteiger partial charge is 0.274 e. The normalized spacial score (nSPS) is 15.2. The van der Waals surface area contributed by atoms with Crippen molar-refractivity contribution in [3.63, 3.8) is 0 Å². The lowest BCUT2D eigenvalue weighted by molar-refractivity contribution is 0.0740. The van der Waals surface area contributed by atoms with E-state index in [1.165, 1.54) is 0 Å². The molecule has 1 saturated heterocycles. The van der Waals surface area contributed by atoms with Gasteiger partial charge in [0, 0.05) is 49.6 Å². The largest absolute Gasteiger partial charge is 0.368 e. The van der Waals surface area contributed by atoms with E-state index in [0.29, 0.717) is 18.8 Å². The summed E-state index contributed by atoms with van der Waals surface area (Å²) in [5.74, 6) is 0.0134. The first-order chi connectivity index (χ1) is 10.5. The lowest BCUT2D eigenvalue weighted by Crippen LogP contribution is -2.48. The number of carbonyl (C=O) groups is 1. The summed E-state index contributed by atoms with van der Waals surface area (Å²) >= 11 is 5.92. The Morgan fingerprint density at radius 3 is 2.32 bits per heavy atom. The molecule has 0 saturated carbocycles. The Kier molecular flexibility index (Phi) is 4.07. The number of amides is 1. The van der Waals surface area contributed by atoms with Gasteiger partial charge in [-0.15, -0.1) is 0 Å². The maximum absolute atomic E-state index is 12.5. The Labute approximate surface area is 135 Å². The summed E-state index contributed by atoms with van der Waals surface area (Å²) in [4.78, 5) is 16.6. The molecule has 5 nitrogen and oxygen atoms in total. The van der Waals surface area contributed by atoms with Crippen LogP contribution in [0.3, 0.4) is 0 Å². The van der Waals surface area contributed by atoms with E-state index in [1.54, 1.807) is 4.68 Å². The monoisotopic (exact) mass is 318 g/mol. The van der Waals surface area contributed by atoms with Gasteiger partial charge in [-0.3, -0.25) is 9.48 Å². The van der Waals surface area contributed by atoms with Crippen molar-refractivity contribution in [1.29, 1.82) is 0 Å². The average Bonchev–Trinajstić information content (AvgIpc) is 2.87. The number of aromatic nitrogens is 2. The SMILES string of the molecule is Cc1cc(C(=O)N2CCN(c3ccc(Cl)cc3)CC2)nn1C. The van der Waals surface area contributed by atoms with E-state index in [4.69, 9.17) is 11.6 Å². The molecule has 1 aromatic carbocycles. The standard InChI is InChI=1S/C16H19ClN4O/c1-12-11-15(18-19(12)2)16(22)21-9-7-20(8-10-21)14-5-3-13(17)4-6-14/h3-6,11H,7-10H2,1-2H3. The van der Waals surface area contributed by atoms with E-state index in [-0.39, 0.29) is 5.91 Å². The minimum absolute atomic E-state index is 0.0134. The lowest BCUT2D eigenvalue weighted by Gasteiger charge is -2.35. The highest BCUT2D eigenvalue weighted by atomic mass is 35.5. The van der Waals surface area contributed by atoms with Crippen molar-refractivity contribution in [3.05, 3.63) is 46.7 Å². The van der Waals surface area contributed by atoms with Crippen LogP contribution in [0.4, 0.5) is 5.69 Å². The quantitative estimate of drug-likeness (QED) is 0.853. The van der Waals surface area contributed by atoms with Crippen LogP contribution in [0.5, 0.6) is 0 Å². The number of halogens is 1. The van der Waals surface area contributed by atoms with Crippen LogP contribution in [0, 0.1) is 6.92 Å². The fraction of sp³-hybridized carbons (Fsp3) is 0.375. The second-order valence-corrected chi connectivity index (χ2v) is 5.99. The summed E-state index contributed by atoms with van der Waals surface area (Å²) in [6, 6.07) is 9.66. The first-order valence-electron chi connectivity index (χ1n) is 7.35. The molecule has 1 aliphatic heterocycles. The fourth-order valence-electron chi connectivity index (χ4n) is 2.65. The summed E-state index contributed by atoms with van der Waals surface area (Å²) in [5.41, 5.74) is 2.66. The third-order valence-corrected chi connectivity index (χ3v) is 4.34. The van der Waals surface area contributed by atoms with Crippen LogP contribution >= 0.6 is 11.6 Å². The number of nitrogens with zero attached hydrogens (tertiary/aromatic N) is 4. The predicted molar refractivity (Wildman–Crippen MR) is 87.5 cm³/mol. The number of piperazine rings is 1. The minimum Gasteiger partial charge on any atom is -0.368 e. The molecule has 0 aliphatic carbocycles. The molecule has 1 aromatic heterocycles. The number of anilines is 1. The molecule has 1 amide bonds. The predicted octanol–water partition coefficient (Wildman–Crippen LogP) is 2.34. The Balaban J connectivity index is 1.64. The van der Waals surface area contributed by atoms with Gasteiger partial charge < -0.3 is 9.80 Å². The highest BCUT2D eigenvalue weighted by Crippen LogP contribution is 2.20. The zero-order chi connectivity index (χ0) is 15.7. The van der Waals surface area contributed by atoms with Crippen molar-refractivity contribution in [2.24, 2.45) is 7.05 Å². The Hall–Kier alpha value is -2.01. The molecule has 0 unspecified atom stereocenters. The van der Waals surface area contributed by atoms with Crippen molar-refractivity contribution >= 4 is 23.2 Å². The van der Waals surface area contributed by atoms with Crippen LogP contribution in [-0.2, 0) is 7.05 Å². The van der Waals surface area contributed by atoms with E-state index < -0.39 is 0 Å². The van der Waals surface area contributed by atoms with E-state index in [1.807, 2.05) is 49.2 Å². The van der Waals surface area contributed by atoms with Gasteiger partial charge in [-0.1, -0.05) is 11.6 Å². The molecule has 0 N–H and O–H groups in total. The van der Waals surface area contributed by atoms with Gasteiger partial charge in [0.1, 0.15) is 0 Å². The van der Waals surface area contributed by atoms with Gasteiger partial charge in [0.25, 0.3) is 5.91 Å². The molecular formula is C16H19ClN4O. The third-order valence-electron chi connectivity index (χ3n) is 4.09. The van der Waals surface area contributed by atoms with Crippen LogP contribution in [0.25, 0.3) is 0 Å². The first-order valence-corrected chi connectivity index (χ1v) is 7.73. The summed E-state index contributed by atoms with van der Waals surface area (Å²) in [6.07, 6.45) is 0. The molecule has 3 rings (SSSR count). The van der Waals surface area contributed by atoms with E-state index in [9.17, 15) is 4.79 Å². The number of rotatable bonds is 2. The molecule has 2 aromatic rings. The first kappa shape index (κ1) is 14.9. The third kappa shape index (κ3) is 2.95. The average molecular weight is 319 g/mol. The molecule has 0 spiro atoms. The van der Waals surface area contributed by atoms with Crippen LogP contribution in [0.15, 0.2) is 30.3 Å². The molecule has 2 heterocycles. The zero-order valence-electron chi connectivity index (χ0n) is 12.8. The van der Waals surface area contributed by atoms with Gasteiger partial charge in [0.15, 0.2) is 5.69 Å². The second kappa shape index (κ2) is 6.01. The van der Waals surface area contributed by atoms with Crippen LogP contribution in [0.2, 0.25) is 5.02 Å². The maximum atomic E-state index is 12.5. The number of hydrogen-bond donors (Lipinski definition) is 0. The molecule has 6 heteroatoms. The number of carbonyl (C=O) groups excluding carboxylic acids is 1. The zero-order valence-corrected chi connectivity index (χ0v) is 13.5. The summed E-state index contributed by atoms with van der Waals surface area (Å²) in [7, 11) is 1.85. The van der Waals surface area contributed by atoms with Crippen molar-refractivity contribution in [1.82, 2.24) is 14.7 Å². The van der Waals surface area contributed by atoms with Gasteiger partial charge in [-0.25, -0.2) is 0 Å². The Morgan fingerprint density at radius 1 is 1.14 bits per heavy atom. The molecule has 0 radical (unpaired) electrons. The summed E-state index contributed by atoms with van der Waals surface area (Å²) < 4.78 is 1.73. The Bertz CT molecular complexity index is 652. The van der Waals surface area contributed by atoms with Gasteiger partial charge in [0.2, 0.25) is 0 Å². The van der Waals surface area contributed by atoms with Crippen molar-refractivity contribution in [2.45, 2.75) is 6.92 Å². The summed E-state index contributed by atoms with van der Waals surface area (Å²) in [6.45, 7) is 4.99. The molecule has 1 aliphatic rings. The second-order valence-electron chi connectivity index (χ2n) is 5.55. The summed E-state index contributed by atoms with van der Waals surface area (Å²) in [5, 5.41) is 5.01. The van der Waals surface area contributed by atoms with Crippen molar-refractivity contribution in [2.75, 3.05) is 31.1 Å². The van der Waals surface area contributed by atoms with Gasteiger partial charge in [-0.2, -0.15) is 5.10 Å². The number of aryl methyl sites for hydroxylation is 2. The Morgan fingerprint density at radius 2 is 1.77 bits per heavy atom. The van der Waals surface area contributed by atoms with E-state index in [2.05, 4.69) is 10.00 Å². The minimum atomic E-state index is 0.0134. The molecule has 116 valence electrons. The highest BCUT2D eigenvalue weighted by molar-refractivity contribution is 6.30. The van der Waals surface area contributed by atoms with Crippen molar-refractivity contribution < 1.29 is 4.79 Å². The lowest BCUT2D eigenvalue weighted by atomic mass is 10.2. The number of hydrogen-bond acceptors (Lipinski definition) is 3. The van der Waals surface area contributed by atoms with E-state index in [0.717, 1.165) is 29.5 Å². The van der Waals surface area contributed by atoms with E-state index >= 15 is 0 Å². The maximum Gasteiger partial charge on any atom is 0.274 e. The molecule has 0 bridgehead atoms. The molecular weight excluding hydrogens is 300 g/mol. The van der Waals surface area contributed by atoms with Crippen LogP contribution < -0.4 is 4.90 Å². The van der Waals surface area contributed by atoms with Gasteiger partial charge >= 0.3 is 0 Å². The highest BCUT2D eigenvalue weighted by Gasteiger charge is 2.24. The molecule has 1 fully saturated rings. The van der Waals surface area contributed by atoms with Gasteiger partial charge in [0.05, 0.1) is 0 Å². The fourth-order valence-corrected chi connectivity index (χ4v) is 2.77.